The Hall–Kier alpha value is -3.00. The number of hydrogen-bond acceptors (Lipinski definition) is 6. The number of thiazole rings is 1. The highest BCUT2D eigenvalue weighted by Gasteiger charge is 2.18. The van der Waals surface area contributed by atoms with Gasteiger partial charge in [0.1, 0.15) is 22.0 Å². The Kier molecular flexibility index (Phi) is 5.19. The summed E-state index contributed by atoms with van der Waals surface area (Å²) in [6.07, 6.45) is 0.887. The summed E-state index contributed by atoms with van der Waals surface area (Å²) >= 11 is 1.59. The molecule has 0 bridgehead atoms. The molecule has 0 amide bonds. The van der Waals surface area contributed by atoms with Gasteiger partial charge in [-0.3, -0.25) is 4.79 Å². The molecule has 0 unspecified atom stereocenters. The largest absolute Gasteiger partial charge is 0.493 e. The third-order valence-electron chi connectivity index (χ3n) is 4.64. The van der Waals surface area contributed by atoms with E-state index < -0.39 is 0 Å². The SMILES string of the molecule is CCCOc1ccc(-c2nc(C)cs2)cc1-c1nc2c(c(C)nn2CC)c(=O)[nH]1. The topological polar surface area (TPSA) is 85.7 Å². The number of aromatic amines is 1. The molecule has 3 aromatic heterocycles. The maximum absolute atomic E-state index is 12.8. The second-order valence-corrected chi connectivity index (χ2v) is 7.73. The number of aryl methyl sites for hydroxylation is 3. The summed E-state index contributed by atoms with van der Waals surface area (Å²) in [6.45, 7) is 9.06. The molecule has 0 saturated carbocycles. The number of rotatable bonds is 6. The molecule has 150 valence electrons. The molecule has 0 aliphatic heterocycles. The van der Waals surface area contributed by atoms with Crippen LogP contribution in [0.4, 0.5) is 0 Å². The zero-order chi connectivity index (χ0) is 20.5. The van der Waals surface area contributed by atoms with Crippen LogP contribution in [0.2, 0.25) is 0 Å². The number of ether oxygens (including phenoxy) is 1. The molecule has 0 radical (unpaired) electrons. The van der Waals surface area contributed by atoms with E-state index in [9.17, 15) is 4.79 Å². The first-order chi connectivity index (χ1) is 14.0. The Morgan fingerprint density at radius 2 is 2.03 bits per heavy atom. The Balaban J connectivity index is 1.93. The van der Waals surface area contributed by atoms with Crippen molar-refractivity contribution < 1.29 is 4.74 Å². The zero-order valence-corrected chi connectivity index (χ0v) is 17.8. The van der Waals surface area contributed by atoms with Crippen LogP contribution in [0.1, 0.15) is 31.7 Å². The van der Waals surface area contributed by atoms with E-state index in [1.54, 1.807) is 16.0 Å². The van der Waals surface area contributed by atoms with Gasteiger partial charge in [-0.15, -0.1) is 11.3 Å². The van der Waals surface area contributed by atoms with Crippen molar-refractivity contribution >= 4 is 22.4 Å². The standard InChI is InChI=1S/C21H23N5O2S/c1-5-9-28-16-8-7-14(21-22-12(3)11-29-21)10-15(16)18-23-19-17(20(27)24-18)13(4)25-26(19)6-2/h7-8,10-11H,5-6,9H2,1-4H3,(H,23,24,27). The smallest absolute Gasteiger partial charge is 0.262 e. The number of nitrogens with one attached hydrogen (secondary N) is 1. The van der Waals surface area contributed by atoms with Crippen LogP contribution in [0.5, 0.6) is 5.75 Å². The lowest BCUT2D eigenvalue weighted by Crippen LogP contribution is -2.11. The van der Waals surface area contributed by atoms with Crippen molar-refractivity contribution in [2.45, 2.75) is 40.7 Å². The van der Waals surface area contributed by atoms with Crippen molar-refractivity contribution in [2.24, 2.45) is 0 Å². The first kappa shape index (κ1) is 19.3. The average molecular weight is 410 g/mol. The van der Waals surface area contributed by atoms with E-state index in [0.29, 0.717) is 41.5 Å². The molecule has 0 saturated heterocycles. The first-order valence-corrected chi connectivity index (χ1v) is 10.6. The predicted octanol–water partition coefficient (Wildman–Crippen LogP) is 4.34. The minimum atomic E-state index is -0.195. The van der Waals surface area contributed by atoms with Gasteiger partial charge in [0.05, 0.1) is 17.9 Å². The van der Waals surface area contributed by atoms with Gasteiger partial charge in [-0.2, -0.15) is 5.10 Å². The summed E-state index contributed by atoms with van der Waals surface area (Å²) in [4.78, 5) is 25.1. The summed E-state index contributed by atoms with van der Waals surface area (Å²) in [7, 11) is 0. The summed E-state index contributed by atoms with van der Waals surface area (Å²) in [5.74, 6) is 1.16. The van der Waals surface area contributed by atoms with Gasteiger partial charge < -0.3 is 9.72 Å². The molecule has 0 fully saturated rings. The molecule has 0 aliphatic carbocycles. The van der Waals surface area contributed by atoms with Gasteiger partial charge in [-0.1, -0.05) is 6.92 Å². The van der Waals surface area contributed by atoms with Gasteiger partial charge in [-0.25, -0.2) is 14.6 Å². The fourth-order valence-corrected chi connectivity index (χ4v) is 4.07. The van der Waals surface area contributed by atoms with Crippen LogP contribution < -0.4 is 10.3 Å². The molecule has 0 atom stereocenters. The highest BCUT2D eigenvalue weighted by Crippen LogP contribution is 2.34. The molecule has 1 N–H and O–H groups in total. The predicted molar refractivity (Wildman–Crippen MR) is 116 cm³/mol. The molecule has 0 spiro atoms. The fraction of sp³-hybridized carbons (Fsp3) is 0.333. The van der Waals surface area contributed by atoms with Crippen LogP contribution in [-0.2, 0) is 6.54 Å². The lowest BCUT2D eigenvalue weighted by atomic mass is 10.1. The molecule has 0 aliphatic rings. The second-order valence-electron chi connectivity index (χ2n) is 6.87. The minimum Gasteiger partial charge on any atom is -0.493 e. The molecule has 29 heavy (non-hydrogen) atoms. The van der Waals surface area contributed by atoms with Gasteiger partial charge in [0.2, 0.25) is 0 Å². The van der Waals surface area contributed by atoms with E-state index in [2.05, 4.69) is 22.0 Å². The Morgan fingerprint density at radius 3 is 2.72 bits per heavy atom. The van der Waals surface area contributed by atoms with E-state index in [1.807, 2.05) is 44.4 Å². The molecular formula is C21H23N5O2S. The van der Waals surface area contributed by atoms with Crippen molar-refractivity contribution in [3.8, 4) is 27.7 Å². The lowest BCUT2D eigenvalue weighted by Gasteiger charge is -2.12. The highest BCUT2D eigenvalue weighted by atomic mass is 32.1. The van der Waals surface area contributed by atoms with Gasteiger partial charge in [0.15, 0.2) is 5.65 Å². The molecule has 4 aromatic rings. The van der Waals surface area contributed by atoms with Gasteiger partial charge in [0.25, 0.3) is 5.56 Å². The second kappa shape index (κ2) is 7.79. The average Bonchev–Trinajstić information content (AvgIpc) is 3.29. The van der Waals surface area contributed by atoms with Crippen LogP contribution in [0.25, 0.3) is 33.0 Å². The number of aromatic nitrogens is 5. The van der Waals surface area contributed by atoms with E-state index in [4.69, 9.17) is 9.72 Å². The maximum atomic E-state index is 12.8. The van der Waals surface area contributed by atoms with Gasteiger partial charge in [0, 0.05) is 23.2 Å². The quantitative estimate of drug-likeness (QED) is 0.512. The summed E-state index contributed by atoms with van der Waals surface area (Å²) in [5.41, 5.74) is 3.75. The van der Waals surface area contributed by atoms with Crippen molar-refractivity contribution in [3.63, 3.8) is 0 Å². The Labute approximate surface area is 172 Å². The van der Waals surface area contributed by atoms with Gasteiger partial charge in [-0.05, 0) is 45.4 Å². The van der Waals surface area contributed by atoms with Crippen LogP contribution in [0.15, 0.2) is 28.4 Å². The zero-order valence-electron chi connectivity index (χ0n) is 16.9. The Bertz CT molecular complexity index is 1240. The van der Waals surface area contributed by atoms with Crippen molar-refractivity contribution in [3.05, 3.63) is 45.3 Å². The monoisotopic (exact) mass is 409 g/mol. The number of nitrogens with zero attached hydrogens (tertiary/aromatic N) is 4. The van der Waals surface area contributed by atoms with Crippen LogP contribution in [0, 0.1) is 13.8 Å². The number of fused-ring (bicyclic) bond motifs is 1. The minimum absolute atomic E-state index is 0.195. The highest BCUT2D eigenvalue weighted by molar-refractivity contribution is 7.13. The van der Waals surface area contributed by atoms with Crippen molar-refractivity contribution in [2.75, 3.05) is 6.61 Å². The molecule has 4 rings (SSSR count). The number of hydrogen-bond donors (Lipinski definition) is 1. The third kappa shape index (κ3) is 3.55. The number of benzene rings is 1. The van der Waals surface area contributed by atoms with E-state index in [1.165, 1.54) is 0 Å². The Morgan fingerprint density at radius 1 is 1.21 bits per heavy atom. The lowest BCUT2D eigenvalue weighted by molar-refractivity contribution is 0.318. The summed E-state index contributed by atoms with van der Waals surface area (Å²) in [6, 6.07) is 5.89. The van der Waals surface area contributed by atoms with E-state index in [-0.39, 0.29) is 5.56 Å². The normalized spacial score (nSPS) is 11.3. The van der Waals surface area contributed by atoms with Crippen molar-refractivity contribution in [1.29, 1.82) is 0 Å². The van der Waals surface area contributed by atoms with Gasteiger partial charge >= 0.3 is 0 Å². The molecular weight excluding hydrogens is 386 g/mol. The van der Waals surface area contributed by atoms with Crippen LogP contribution >= 0.6 is 11.3 Å². The fourth-order valence-electron chi connectivity index (χ4n) is 3.27. The molecule has 7 nitrogen and oxygen atoms in total. The maximum Gasteiger partial charge on any atom is 0.262 e. The molecule has 3 heterocycles. The molecule has 8 heteroatoms. The molecule has 1 aromatic carbocycles. The van der Waals surface area contributed by atoms with E-state index in [0.717, 1.165) is 28.2 Å². The van der Waals surface area contributed by atoms with Crippen molar-refractivity contribution in [1.82, 2.24) is 24.7 Å². The third-order valence-corrected chi connectivity index (χ3v) is 5.65. The summed E-state index contributed by atoms with van der Waals surface area (Å²) in [5, 5.41) is 7.90. The van der Waals surface area contributed by atoms with Crippen LogP contribution in [0.3, 0.4) is 0 Å². The van der Waals surface area contributed by atoms with E-state index >= 15 is 0 Å². The first-order valence-electron chi connectivity index (χ1n) is 9.69. The number of H-pyrrole nitrogens is 1. The van der Waals surface area contributed by atoms with Crippen LogP contribution in [-0.4, -0.2) is 31.3 Å². The summed E-state index contributed by atoms with van der Waals surface area (Å²) < 4.78 is 7.70.